The van der Waals surface area contributed by atoms with Gasteiger partial charge in [-0.25, -0.2) is 4.39 Å². The monoisotopic (exact) mass is 289 g/mol. The van der Waals surface area contributed by atoms with Crippen LogP contribution in [0.4, 0.5) is 4.39 Å². The van der Waals surface area contributed by atoms with E-state index in [2.05, 4.69) is 5.32 Å². The molecule has 0 aliphatic heterocycles. The van der Waals surface area contributed by atoms with Gasteiger partial charge in [0.25, 0.3) is 0 Å². The maximum absolute atomic E-state index is 12.7. The van der Waals surface area contributed by atoms with E-state index in [1.54, 1.807) is 12.1 Å². The summed E-state index contributed by atoms with van der Waals surface area (Å²) in [5, 5.41) is 13.2. The molecule has 4 heteroatoms. The van der Waals surface area contributed by atoms with E-state index in [0.29, 0.717) is 12.3 Å². The van der Waals surface area contributed by atoms with Crippen molar-refractivity contribution in [3.05, 3.63) is 66.0 Å². The van der Waals surface area contributed by atoms with Crippen LogP contribution >= 0.6 is 0 Å². The zero-order chi connectivity index (χ0) is 15.1. The summed E-state index contributed by atoms with van der Waals surface area (Å²) >= 11 is 0. The Bertz CT molecular complexity index is 530. The fourth-order valence-electron chi connectivity index (χ4n) is 1.95. The van der Waals surface area contributed by atoms with E-state index >= 15 is 0 Å². The lowest BCUT2D eigenvalue weighted by Crippen LogP contribution is -2.33. The Balaban J connectivity index is 1.72. The Hall–Kier alpha value is -1.91. The highest BCUT2D eigenvalue weighted by Crippen LogP contribution is 2.12. The molecule has 0 aliphatic rings. The molecule has 0 aromatic heterocycles. The van der Waals surface area contributed by atoms with Crippen molar-refractivity contribution in [1.82, 2.24) is 5.32 Å². The van der Waals surface area contributed by atoms with Gasteiger partial charge in [-0.1, -0.05) is 30.3 Å². The lowest BCUT2D eigenvalue weighted by atomic mass is 10.1. The lowest BCUT2D eigenvalue weighted by molar-refractivity contribution is 0.104. The Morgan fingerprint density at radius 3 is 2.43 bits per heavy atom. The van der Waals surface area contributed by atoms with Gasteiger partial charge in [-0.05, 0) is 36.8 Å². The zero-order valence-corrected chi connectivity index (χ0v) is 12.0. The molecular formula is C17H20FNO2. The predicted octanol–water partition coefficient (Wildman–Crippen LogP) is 2.92. The molecule has 0 saturated carbocycles. The van der Waals surface area contributed by atoms with Gasteiger partial charge in [0.1, 0.15) is 24.3 Å². The number of halogens is 1. The Labute approximate surface area is 124 Å². The standard InChI is InChI=1S/C17H20FNO2/c1-13(14-5-3-2-4-6-14)19-11-16(20)12-21-17-9-7-15(18)8-10-17/h2-10,13,16,19-20H,11-12H2,1H3/t13-,16-/m1/s1. The summed E-state index contributed by atoms with van der Waals surface area (Å²) < 4.78 is 18.1. The summed E-state index contributed by atoms with van der Waals surface area (Å²) in [5.74, 6) is 0.243. The SMILES string of the molecule is C[C@@H](NC[C@@H](O)COc1ccc(F)cc1)c1ccccc1. The summed E-state index contributed by atoms with van der Waals surface area (Å²) in [6.07, 6.45) is -0.624. The van der Waals surface area contributed by atoms with E-state index in [1.165, 1.54) is 17.7 Å². The third kappa shape index (κ3) is 5.17. The largest absolute Gasteiger partial charge is 0.491 e. The summed E-state index contributed by atoms with van der Waals surface area (Å²) in [5.41, 5.74) is 1.17. The number of hydrogen-bond acceptors (Lipinski definition) is 3. The molecule has 2 aromatic rings. The van der Waals surface area contributed by atoms with Crippen molar-refractivity contribution in [2.45, 2.75) is 19.1 Å². The third-order valence-electron chi connectivity index (χ3n) is 3.22. The van der Waals surface area contributed by atoms with E-state index in [1.807, 2.05) is 37.3 Å². The first kappa shape index (κ1) is 15.5. The molecular weight excluding hydrogens is 269 g/mol. The van der Waals surface area contributed by atoms with Crippen LogP contribution in [0.2, 0.25) is 0 Å². The van der Waals surface area contributed by atoms with Crippen LogP contribution in [0.5, 0.6) is 5.75 Å². The molecule has 2 rings (SSSR count). The van der Waals surface area contributed by atoms with Crippen molar-refractivity contribution in [1.29, 1.82) is 0 Å². The number of benzene rings is 2. The minimum absolute atomic E-state index is 0.159. The summed E-state index contributed by atoms with van der Waals surface area (Å²) in [7, 11) is 0. The molecule has 21 heavy (non-hydrogen) atoms. The number of ether oxygens (including phenoxy) is 1. The molecule has 0 amide bonds. The molecule has 0 heterocycles. The maximum Gasteiger partial charge on any atom is 0.123 e. The van der Waals surface area contributed by atoms with Gasteiger partial charge >= 0.3 is 0 Å². The molecule has 2 atom stereocenters. The second-order valence-corrected chi connectivity index (χ2v) is 4.96. The number of aliphatic hydroxyl groups is 1. The van der Waals surface area contributed by atoms with E-state index in [0.717, 1.165) is 0 Å². The summed E-state index contributed by atoms with van der Waals surface area (Å²) in [6, 6.07) is 15.9. The number of hydrogen-bond donors (Lipinski definition) is 2. The first-order valence-corrected chi connectivity index (χ1v) is 7.00. The molecule has 0 bridgehead atoms. The minimum Gasteiger partial charge on any atom is -0.491 e. The van der Waals surface area contributed by atoms with Crippen LogP contribution in [-0.4, -0.2) is 24.4 Å². The Kier molecular flexibility index (Phi) is 5.72. The second-order valence-electron chi connectivity index (χ2n) is 4.96. The molecule has 3 nitrogen and oxygen atoms in total. The normalized spacial score (nSPS) is 13.7. The highest BCUT2D eigenvalue weighted by Gasteiger charge is 2.09. The van der Waals surface area contributed by atoms with Gasteiger partial charge in [0, 0.05) is 12.6 Å². The summed E-state index contributed by atoms with van der Waals surface area (Å²) in [4.78, 5) is 0. The van der Waals surface area contributed by atoms with Gasteiger partial charge in [-0.3, -0.25) is 0 Å². The van der Waals surface area contributed by atoms with Crippen LogP contribution in [0.3, 0.4) is 0 Å². The van der Waals surface area contributed by atoms with Crippen molar-refractivity contribution in [2.75, 3.05) is 13.2 Å². The van der Waals surface area contributed by atoms with Crippen LogP contribution in [-0.2, 0) is 0 Å². The lowest BCUT2D eigenvalue weighted by Gasteiger charge is -2.18. The average molecular weight is 289 g/mol. The van der Waals surface area contributed by atoms with Gasteiger partial charge in [-0.2, -0.15) is 0 Å². The number of aliphatic hydroxyl groups excluding tert-OH is 1. The molecule has 112 valence electrons. The molecule has 0 saturated heterocycles. The number of nitrogens with one attached hydrogen (secondary N) is 1. The smallest absolute Gasteiger partial charge is 0.123 e. The quantitative estimate of drug-likeness (QED) is 0.823. The Morgan fingerprint density at radius 1 is 1.10 bits per heavy atom. The first-order valence-electron chi connectivity index (χ1n) is 7.00. The van der Waals surface area contributed by atoms with Crippen molar-refractivity contribution in [3.8, 4) is 5.75 Å². The summed E-state index contributed by atoms with van der Waals surface area (Å²) in [6.45, 7) is 2.64. The van der Waals surface area contributed by atoms with Crippen LogP contribution < -0.4 is 10.1 Å². The van der Waals surface area contributed by atoms with Crippen molar-refractivity contribution in [3.63, 3.8) is 0 Å². The second kappa shape index (κ2) is 7.76. The Morgan fingerprint density at radius 2 is 1.76 bits per heavy atom. The molecule has 0 fully saturated rings. The number of rotatable bonds is 7. The topological polar surface area (TPSA) is 41.5 Å². The molecule has 2 N–H and O–H groups in total. The van der Waals surface area contributed by atoms with Crippen LogP contribution in [0.1, 0.15) is 18.5 Å². The molecule has 0 aliphatic carbocycles. The van der Waals surface area contributed by atoms with Crippen LogP contribution in [0.15, 0.2) is 54.6 Å². The third-order valence-corrected chi connectivity index (χ3v) is 3.22. The van der Waals surface area contributed by atoms with E-state index in [4.69, 9.17) is 4.74 Å². The highest BCUT2D eigenvalue weighted by atomic mass is 19.1. The van der Waals surface area contributed by atoms with Crippen LogP contribution in [0.25, 0.3) is 0 Å². The van der Waals surface area contributed by atoms with Crippen molar-refractivity contribution >= 4 is 0 Å². The van der Waals surface area contributed by atoms with Gasteiger partial charge in [0.2, 0.25) is 0 Å². The zero-order valence-electron chi connectivity index (χ0n) is 12.0. The minimum atomic E-state index is -0.624. The molecule has 0 radical (unpaired) electrons. The molecule has 0 spiro atoms. The van der Waals surface area contributed by atoms with Gasteiger partial charge in [0.15, 0.2) is 0 Å². The molecule has 2 aromatic carbocycles. The fourth-order valence-corrected chi connectivity index (χ4v) is 1.95. The van der Waals surface area contributed by atoms with Crippen LogP contribution in [0, 0.1) is 5.82 Å². The maximum atomic E-state index is 12.7. The highest BCUT2D eigenvalue weighted by molar-refractivity contribution is 5.22. The van der Waals surface area contributed by atoms with Gasteiger partial charge in [0.05, 0.1) is 0 Å². The fraction of sp³-hybridized carbons (Fsp3) is 0.294. The first-order chi connectivity index (χ1) is 10.1. The van der Waals surface area contributed by atoms with E-state index in [-0.39, 0.29) is 18.5 Å². The van der Waals surface area contributed by atoms with Crippen molar-refractivity contribution < 1.29 is 14.2 Å². The predicted molar refractivity (Wildman–Crippen MR) is 80.8 cm³/mol. The van der Waals surface area contributed by atoms with E-state index in [9.17, 15) is 9.50 Å². The van der Waals surface area contributed by atoms with Crippen molar-refractivity contribution in [2.24, 2.45) is 0 Å². The average Bonchev–Trinajstić information content (AvgIpc) is 2.53. The van der Waals surface area contributed by atoms with Gasteiger partial charge in [-0.15, -0.1) is 0 Å². The van der Waals surface area contributed by atoms with Gasteiger partial charge < -0.3 is 15.2 Å². The van der Waals surface area contributed by atoms with E-state index < -0.39 is 6.10 Å². The molecule has 0 unspecified atom stereocenters.